The van der Waals surface area contributed by atoms with E-state index in [4.69, 9.17) is 16.3 Å². The van der Waals surface area contributed by atoms with Crippen LogP contribution in [0.5, 0.6) is 0 Å². The molecule has 4 nitrogen and oxygen atoms in total. The SMILES string of the molecule is CC(=O)N[C@@H](Cc1ccc(Cl)cc1)C(=O)OC(C)(C)C. The van der Waals surface area contributed by atoms with Gasteiger partial charge in [0.2, 0.25) is 5.91 Å². The van der Waals surface area contributed by atoms with Crippen LogP contribution in [0.25, 0.3) is 0 Å². The highest BCUT2D eigenvalue weighted by Crippen LogP contribution is 2.14. The molecule has 0 radical (unpaired) electrons. The van der Waals surface area contributed by atoms with E-state index in [1.165, 1.54) is 6.92 Å². The maximum absolute atomic E-state index is 12.1. The van der Waals surface area contributed by atoms with E-state index in [1.807, 2.05) is 12.1 Å². The van der Waals surface area contributed by atoms with Gasteiger partial charge in [-0.25, -0.2) is 4.79 Å². The number of carbonyl (C=O) groups excluding carboxylic acids is 2. The third-order valence-corrected chi connectivity index (χ3v) is 2.67. The van der Waals surface area contributed by atoms with E-state index in [0.29, 0.717) is 11.4 Å². The van der Waals surface area contributed by atoms with Gasteiger partial charge in [0.1, 0.15) is 11.6 Å². The maximum Gasteiger partial charge on any atom is 0.329 e. The number of amides is 1. The summed E-state index contributed by atoms with van der Waals surface area (Å²) in [6, 6.07) is 6.43. The van der Waals surface area contributed by atoms with Gasteiger partial charge >= 0.3 is 5.97 Å². The zero-order chi connectivity index (χ0) is 15.3. The van der Waals surface area contributed by atoms with Crippen LogP contribution < -0.4 is 5.32 Å². The largest absolute Gasteiger partial charge is 0.458 e. The van der Waals surface area contributed by atoms with E-state index in [1.54, 1.807) is 32.9 Å². The van der Waals surface area contributed by atoms with Crippen molar-refractivity contribution in [2.45, 2.75) is 45.8 Å². The molecule has 0 heterocycles. The summed E-state index contributed by atoms with van der Waals surface area (Å²) in [4.78, 5) is 23.3. The van der Waals surface area contributed by atoms with Crippen molar-refractivity contribution < 1.29 is 14.3 Å². The fourth-order valence-corrected chi connectivity index (χ4v) is 1.79. The van der Waals surface area contributed by atoms with Gasteiger partial charge in [0, 0.05) is 18.4 Å². The normalized spacial score (nSPS) is 12.7. The van der Waals surface area contributed by atoms with Gasteiger partial charge in [0.05, 0.1) is 0 Å². The number of hydrogen-bond acceptors (Lipinski definition) is 3. The molecule has 0 aliphatic heterocycles. The molecule has 110 valence electrons. The van der Waals surface area contributed by atoms with Gasteiger partial charge in [0.15, 0.2) is 0 Å². The Morgan fingerprint density at radius 3 is 2.25 bits per heavy atom. The zero-order valence-electron chi connectivity index (χ0n) is 12.2. The molecule has 1 rings (SSSR count). The average Bonchev–Trinajstić information content (AvgIpc) is 2.28. The van der Waals surface area contributed by atoms with Crippen molar-refractivity contribution in [3.63, 3.8) is 0 Å². The summed E-state index contributed by atoms with van der Waals surface area (Å²) in [7, 11) is 0. The van der Waals surface area contributed by atoms with Crippen LogP contribution in [0.3, 0.4) is 0 Å². The Hall–Kier alpha value is -1.55. The number of hydrogen-bond donors (Lipinski definition) is 1. The molecule has 1 N–H and O–H groups in total. The minimum absolute atomic E-state index is 0.269. The number of nitrogens with one attached hydrogen (secondary N) is 1. The highest BCUT2D eigenvalue weighted by atomic mass is 35.5. The summed E-state index contributed by atoms with van der Waals surface area (Å²) < 4.78 is 5.32. The third-order valence-electron chi connectivity index (χ3n) is 2.42. The Morgan fingerprint density at radius 1 is 1.25 bits per heavy atom. The summed E-state index contributed by atoms with van der Waals surface area (Å²) in [5.74, 6) is -0.711. The highest BCUT2D eigenvalue weighted by Gasteiger charge is 2.26. The van der Waals surface area contributed by atoms with E-state index in [-0.39, 0.29) is 5.91 Å². The van der Waals surface area contributed by atoms with Crippen molar-refractivity contribution in [2.24, 2.45) is 0 Å². The third kappa shape index (κ3) is 6.06. The molecule has 1 aromatic carbocycles. The fourth-order valence-electron chi connectivity index (χ4n) is 1.67. The minimum Gasteiger partial charge on any atom is -0.458 e. The number of halogens is 1. The summed E-state index contributed by atoms with van der Waals surface area (Å²) in [5.41, 5.74) is 0.312. The van der Waals surface area contributed by atoms with E-state index >= 15 is 0 Å². The van der Waals surface area contributed by atoms with Crippen LogP contribution in [0.2, 0.25) is 5.02 Å². The monoisotopic (exact) mass is 297 g/mol. The Morgan fingerprint density at radius 2 is 1.80 bits per heavy atom. The van der Waals surface area contributed by atoms with Crippen LogP contribution in [0, 0.1) is 0 Å². The first kappa shape index (κ1) is 16.5. The molecule has 0 saturated carbocycles. The number of esters is 1. The molecule has 1 amide bonds. The van der Waals surface area contributed by atoms with Gasteiger partial charge in [-0.3, -0.25) is 4.79 Å². The molecule has 20 heavy (non-hydrogen) atoms. The van der Waals surface area contributed by atoms with Gasteiger partial charge in [-0.1, -0.05) is 23.7 Å². The van der Waals surface area contributed by atoms with Crippen LogP contribution in [0.4, 0.5) is 0 Å². The van der Waals surface area contributed by atoms with E-state index in [2.05, 4.69) is 5.32 Å². The topological polar surface area (TPSA) is 55.4 Å². The quantitative estimate of drug-likeness (QED) is 0.869. The van der Waals surface area contributed by atoms with Gasteiger partial charge in [-0.15, -0.1) is 0 Å². The van der Waals surface area contributed by atoms with Gasteiger partial charge < -0.3 is 10.1 Å². The maximum atomic E-state index is 12.1. The summed E-state index contributed by atoms with van der Waals surface area (Å²) >= 11 is 5.82. The average molecular weight is 298 g/mol. The van der Waals surface area contributed by atoms with Gasteiger partial charge in [-0.2, -0.15) is 0 Å². The van der Waals surface area contributed by atoms with E-state index < -0.39 is 17.6 Å². The molecule has 0 saturated heterocycles. The van der Waals surface area contributed by atoms with Crippen LogP contribution in [-0.4, -0.2) is 23.5 Å². The zero-order valence-corrected chi connectivity index (χ0v) is 13.0. The van der Waals surface area contributed by atoms with Crippen molar-refractivity contribution in [3.8, 4) is 0 Å². The first-order chi connectivity index (χ1) is 9.17. The lowest BCUT2D eigenvalue weighted by Crippen LogP contribution is -2.44. The van der Waals surface area contributed by atoms with Crippen molar-refractivity contribution in [3.05, 3.63) is 34.9 Å². The van der Waals surface area contributed by atoms with Crippen LogP contribution in [-0.2, 0) is 20.7 Å². The Bertz CT molecular complexity index is 477. The second-order valence-electron chi connectivity index (χ2n) is 5.62. The van der Waals surface area contributed by atoms with Crippen molar-refractivity contribution in [2.75, 3.05) is 0 Å². The lowest BCUT2D eigenvalue weighted by atomic mass is 10.1. The summed E-state index contributed by atoms with van der Waals surface area (Å²) in [6.45, 7) is 6.74. The molecule has 0 bridgehead atoms. The van der Waals surface area contributed by atoms with Gasteiger partial charge in [0.25, 0.3) is 0 Å². The first-order valence-corrected chi connectivity index (χ1v) is 6.79. The Kier molecular flexibility index (Phi) is 5.57. The fraction of sp³-hybridized carbons (Fsp3) is 0.467. The molecule has 0 aliphatic carbocycles. The molecule has 5 heteroatoms. The molecule has 1 atom stereocenters. The molecule has 0 spiro atoms. The van der Waals surface area contributed by atoms with Crippen molar-refractivity contribution in [1.29, 1.82) is 0 Å². The first-order valence-electron chi connectivity index (χ1n) is 6.42. The lowest BCUT2D eigenvalue weighted by molar-refractivity contribution is -0.158. The van der Waals surface area contributed by atoms with Crippen LogP contribution in [0.1, 0.15) is 33.3 Å². The summed E-state index contributed by atoms with van der Waals surface area (Å²) in [6.07, 6.45) is 0.367. The van der Waals surface area contributed by atoms with E-state index in [0.717, 1.165) is 5.56 Å². The van der Waals surface area contributed by atoms with E-state index in [9.17, 15) is 9.59 Å². The summed E-state index contributed by atoms with van der Waals surface area (Å²) in [5, 5.41) is 3.25. The molecule has 0 aliphatic rings. The predicted octanol–water partition coefficient (Wildman–Crippen LogP) is 2.73. The molecule has 0 aromatic heterocycles. The van der Waals surface area contributed by atoms with Crippen molar-refractivity contribution >= 4 is 23.5 Å². The molecular formula is C15H20ClNO3. The van der Waals surface area contributed by atoms with Gasteiger partial charge in [-0.05, 0) is 38.5 Å². The van der Waals surface area contributed by atoms with Crippen LogP contribution in [0.15, 0.2) is 24.3 Å². The predicted molar refractivity (Wildman–Crippen MR) is 78.6 cm³/mol. The lowest BCUT2D eigenvalue weighted by Gasteiger charge is -2.24. The Balaban J connectivity index is 2.81. The molecule has 1 aromatic rings. The molecule has 0 unspecified atom stereocenters. The number of ether oxygens (including phenoxy) is 1. The smallest absolute Gasteiger partial charge is 0.329 e. The van der Waals surface area contributed by atoms with Crippen molar-refractivity contribution in [1.82, 2.24) is 5.32 Å². The standard InChI is InChI=1S/C15H20ClNO3/c1-10(18)17-13(14(19)20-15(2,3)4)9-11-5-7-12(16)8-6-11/h5-8,13H,9H2,1-4H3,(H,17,18)/t13-/m0/s1. The minimum atomic E-state index is -0.701. The molecule has 0 fully saturated rings. The number of rotatable bonds is 4. The number of benzene rings is 1. The highest BCUT2D eigenvalue weighted by molar-refractivity contribution is 6.30. The molecular weight excluding hydrogens is 278 g/mol. The second kappa shape index (κ2) is 6.75. The second-order valence-corrected chi connectivity index (χ2v) is 6.05. The number of carbonyl (C=O) groups is 2. The Labute approximate surface area is 124 Å². The van der Waals surface area contributed by atoms with Crippen LogP contribution >= 0.6 is 11.6 Å².